The lowest BCUT2D eigenvalue weighted by Gasteiger charge is -2.17. The Kier molecular flexibility index (Phi) is 2.76. The Morgan fingerprint density at radius 1 is 1.00 bits per heavy atom. The molecule has 0 N–H and O–H groups in total. The van der Waals surface area contributed by atoms with Gasteiger partial charge in [0.2, 0.25) is 0 Å². The average molecular weight is 259 g/mol. The summed E-state index contributed by atoms with van der Waals surface area (Å²) in [4.78, 5) is 11.2. The van der Waals surface area contributed by atoms with E-state index in [1.165, 1.54) is 5.01 Å². The van der Waals surface area contributed by atoms with Crippen LogP contribution in [-0.4, -0.2) is 0 Å². The fourth-order valence-corrected chi connectivity index (χ4v) is 2.53. The van der Waals surface area contributed by atoms with E-state index in [0.717, 1.165) is 35.3 Å². The summed E-state index contributed by atoms with van der Waals surface area (Å²) in [5, 5.41) is 5.20. The number of anilines is 2. The fraction of sp³-hybridized carbons (Fsp3) is 0.143. The number of rotatable bonds is 1. The molecular weight excluding hydrogens is 248 g/mol. The molecular formula is C14H11ClN2O. The zero-order valence-electron chi connectivity index (χ0n) is 9.64. The van der Waals surface area contributed by atoms with Crippen molar-refractivity contribution in [2.75, 3.05) is 5.01 Å². The minimum absolute atomic E-state index is 0.613. The van der Waals surface area contributed by atoms with Crippen molar-refractivity contribution in [3.63, 3.8) is 0 Å². The maximum absolute atomic E-state index is 11.2. The van der Waals surface area contributed by atoms with E-state index in [9.17, 15) is 4.91 Å². The first-order valence-corrected chi connectivity index (χ1v) is 6.17. The number of nitroso groups, excluding NO2 is 1. The molecule has 0 radical (unpaired) electrons. The molecule has 18 heavy (non-hydrogen) atoms. The number of hydrogen-bond acceptors (Lipinski definition) is 2. The third kappa shape index (κ3) is 1.77. The van der Waals surface area contributed by atoms with E-state index in [2.05, 4.69) is 5.29 Å². The Bertz CT molecular complexity index is 612. The SMILES string of the molecule is O=NN1c2ccccc2CCc2ccc(Cl)cc21. The Morgan fingerprint density at radius 3 is 2.50 bits per heavy atom. The van der Waals surface area contributed by atoms with Crippen LogP contribution >= 0.6 is 11.6 Å². The Hall–Kier alpha value is -1.87. The first-order chi connectivity index (χ1) is 8.79. The number of fused-ring (bicyclic) bond motifs is 2. The van der Waals surface area contributed by atoms with E-state index in [1.807, 2.05) is 36.4 Å². The van der Waals surface area contributed by atoms with Gasteiger partial charge in [0.1, 0.15) is 0 Å². The minimum Gasteiger partial charge on any atom is -0.197 e. The highest BCUT2D eigenvalue weighted by atomic mass is 35.5. The largest absolute Gasteiger partial charge is 0.197 e. The van der Waals surface area contributed by atoms with Crippen LogP contribution in [0.3, 0.4) is 0 Å². The standard InChI is InChI=1S/C14H11ClN2O/c15-12-8-7-11-6-5-10-3-1-2-4-13(10)17(16-18)14(11)9-12/h1-4,7-9H,5-6H2. The second-order valence-corrected chi connectivity index (χ2v) is 4.73. The average Bonchev–Trinajstić information content (AvgIpc) is 2.54. The van der Waals surface area contributed by atoms with E-state index in [-0.39, 0.29) is 0 Å². The zero-order valence-corrected chi connectivity index (χ0v) is 10.4. The van der Waals surface area contributed by atoms with Crippen molar-refractivity contribution < 1.29 is 0 Å². The van der Waals surface area contributed by atoms with Crippen molar-refractivity contribution in [3.8, 4) is 0 Å². The molecule has 0 bridgehead atoms. The summed E-state index contributed by atoms with van der Waals surface area (Å²) in [7, 11) is 0. The molecule has 0 saturated carbocycles. The van der Waals surface area contributed by atoms with Crippen molar-refractivity contribution in [2.24, 2.45) is 5.29 Å². The van der Waals surface area contributed by atoms with Gasteiger partial charge in [-0.1, -0.05) is 35.9 Å². The van der Waals surface area contributed by atoms with Gasteiger partial charge >= 0.3 is 0 Å². The van der Waals surface area contributed by atoms with Gasteiger partial charge in [0.05, 0.1) is 16.7 Å². The van der Waals surface area contributed by atoms with Crippen LogP contribution in [-0.2, 0) is 12.8 Å². The van der Waals surface area contributed by atoms with Crippen molar-refractivity contribution >= 4 is 23.0 Å². The van der Waals surface area contributed by atoms with E-state index >= 15 is 0 Å². The number of aryl methyl sites for hydroxylation is 2. The lowest BCUT2D eigenvalue weighted by atomic mass is 10.0. The lowest BCUT2D eigenvalue weighted by molar-refractivity contribution is 0.977. The van der Waals surface area contributed by atoms with Gasteiger partial charge in [0, 0.05) is 5.02 Å². The lowest BCUT2D eigenvalue weighted by Crippen LogP contribution is -2.09. The predicted molar refractivity (Wildman–Crippen MR) is 73.2 cm³/mol. The van der Waals surface area contributed by atoms with Crippen LogP contribution in [0.25, 0.3) is 0 Å². The Balaban J connectivity index is 2.23. The maximum atomic E-state index is 11.2. The summed E-state index contributed by atoms with van der Waals surface area (Å²) in [6.45, 7) is 0. The molecule has 3 nitrogen and oxygen atoms in total. The predicted octanol–water partition coefficient (Wildman–Crippen LogP) is 4.26. The summed E-state index contributed by atoms with van der Waals surface area (Å²) in [5.41, 5.74) is 3.84. The molecule has 0 aliphatic carbocycles. The monoisotopic (exact) mass is 258 g/mol. The quantitative estimate of drug-likeness (QED) is 0.716. The summed E-state index contributed by atoms with van der Waals surface area (Å²) < 4.78 is 0. The molecule has 0 fully saturated rings. The van der Waals surface area contributed by atoms with Gasteiger partial charge in [0.15, 0.2) is 0 Å². The summed E-state index contributed by atoms with van der Waals surface area (Å²) in [5.74, 6) is 0. The molecule has 1 aliphatic rings. The van der Waals surface area contributed by atoms with Gasteiger partial charge in [-0.15, -0.1) is 4.91 Å². The Labute approximate surface area is 110 Å². The van der Waals surface area contributed by atoms with Gasteiger partial charge in [0.25, 0.3) is 0 Å². The molecule has 0 amide bonds. The van der Waals surface area contributed by atoms with Crippen LogP contribution < -0.4 is 5.01 Å². The van der Waals surface area contributed by atoms with Gasteiger partial charge < -0.3 is 0 Å². The van der Waals surface area contributed by atoms with Gasteiger partial charge in [-0.3, -0.25) is 0 Å². The number of nitrogens with zero attached hydrogens (tertiary/aromatic N) is 2. The van der Waals surface area contributed by atoms with Crippen molar-refractivity contribution in [3.05, 3.63) is 63.5 Å². The summed E-state index contributed by atoms with van der Waals surface area (Å²) in [6.07, 6.45) is 1.78. The van der Waals surface area contributed by atoms with Crippen molar-refractivity contribution in [2.45, 2.75) is 12.8 Å². The first kappa shape index (κ1) is 11.2. The number of para-hydroxylation sites is 1. The second-order valence-electron chi connectivity index (χ2n) is 4.30. The molecule has 3 rings (SSSR count). The molecule has 1 heterocycles. The van der Waals surface area contributed by atoms with Crippen LogP contribution in [0, 0.1) is 4.91 Å². The molecule has 0 unspecified atom stereocenters. The van der Waals surface area contributed by atoms with E-state index in [4.69, 9.17) is 11.6 Å². The molecule has 2 aromatic rings. The normalized spacial score (nSPS) is 13.5. The highest BCUT2D eigenvalue weighted by molar-refractivity contribution is 6.30. The van der Waals surface area contributed by atoms with E-state index < -0.39 is 0 Å². The molecule has 4 heteroatoms. The highest BCUT2D eigenvalue weighted by Crippen LogP contribution is 2.37. The second kappa shape index (κ2) is 4.42. The molecule has 0 atom stereocenters. The summed E-state index contributed by atoms with van der Waals surface area (Å²) >= 11 is 6.01. The fourth-order valence-electron chi connectivity index (χ4n) is 2.36. The third-order valence-electron chi connectivity index (χ3n) is 3.24. The highest BCUT2D eigenvalue weighted by Gasteiger charge is 2.21. The number of halogens is 1. The molecule has 0 aromatic heterocycles. The molecule has 1 aliphatic heterocycles. The number of hydrogen-bond donors (Lipinski definition) is 0. The molecule has 0 saturated heterocycles. The van der Waals surface area contributed by atoms with E-state index in [0.29, 0.717) is 5.02 Å². The van der Waals surface area contributed by atoms with Crippen LogP contribution in [0.5, 0.6) is 0 Å². The number of benzene rings is 2. The maximum Gasteiger partial charge on any atom is 0.0732 e. The van der Waals surface area contributed by atoms with Crippen LogP contribution in [0.4, 0.5) is 11.4 Å². The van der Waals surface area contributed by atoms with Crippen LogP contribution in [0.1, 0.15) is 11.1 Å². The first-order valence-electron chi connectivity index (χ1n) is 5.79. The van der Waals surface area contributed by atoms with Crippen LogP contribution in [0.15, 0.2) is 47.8 Å². The topological polar surface area (TPSA) is 32.7 Å². The smallest absolute Gasteiger partial charge is 0.0732 e. The summed E-state index contributed by atoms with van der Waals surface area (Å²) in [6, 6.07) is 13.4. The van der Waals surface area contributed by atoms with Gasteiger partial charge in [-0.25, -0.2) is 0 Å². The van der Waals surface area contributed by atoms with Gasteiger partial charge in [-0.2, -0.15) is 5.01 Å². The van der Waals surface area contributed by atoms with Gasteiger partial charge in [-0.05, 0) is 42.2 Å². The zero-order chi connectivity index (χ0) is 12.5. The van der Waals surface area contributed by atoms with Crippen LogP contribution in [0.2, 0.25) is 5.02 Å². The third-order valence-corrected chi connectivity index (χ3v) is 3.48. The van der Waals surface area contributed by atoms with Crippen molar-refractivity contribution in [1.29, 1.82) is 0 Å². The minimum atomic E-state index is 0.613. The molecule has 2 aromatic carbocycles. The van der Waals surface area contributed by atoms with Crippen molar-refractivity contribution in [1.82, 2.24) is 0 Å². The molecule has 90 valence electrons. The van der Waals surface area contributed by atoms with E-state index in [1.54, 1.807) is 6.07 Å². The molecule has 0 spiro atoms. The Morgan fingerprint density at radius 2 is 1.72 bits per heavy atom.